The molecule has 0 unspecified atom stereocenters. The average Bonchev–Trinajstić information content (AvgIpc) is 3.36. The summed E-state index contributed by atoms with van der Waals surface area (Å²) >= 11 is 0. The molecule has 208 valence electrons. The van der Waals surface area contributed by atoms with Crippen LogP contribution in [0.3, 0.4) is 0 Å². The van der Waals surface area contributed by atoms with Gasteiger partial charge in [-0.25, -0.2) is 9.78 Å². The fourth-order valence-electron chi connectivity index (χ4n) is 5.87. The summed E-state index contributed by atoms with van der Waals surface area (Å²) in [5.74, 6) is 1.01. The van der Waals surface area contributed by atoms with Crippen molar-refractivity contribution >= 4 is 33.7 Å². The summed E-state index contributed by atoms with van der Waals surface area (Å²) in [5.41, 5.74) is 2.08. The number of hydrogen-bond donors (Lipinski definition) is 1. The van der Waals surface area contributed by atoms with E-state index < -0.39 is 6.09 Å². The van der Waals surface area contributed by atoms with Gasteiger partial charge in [-0.3, -0.25) is 9.36 Å². The first-order valence-electron chi connectivity index (χ1n) is 13.7. The van der Waals surface area contributed by atoms with Gasteiger partial charge in [0.2, 0.25) is 0 Å². The number of aryl methyl sites for hydroxylation is 2. The molecule has 11 nitrogen and oxygen atoms in total. The summed E-state index contributed by atoms with van der Waals surface area (Å²) in [5, 5.41) is 11.4. The largest absolute Gasteiger partial charge is 0.465 e. The van der Waals surface area contributed by atoms with E-state index in [-0.39, 0.29) is 23.1 Å². The number of anilines is 1. The number of fused-ring (bicyclic) bond motifs is 2. The lowest BCUT2D eigenvalue weighted by atomic mass is 10.0. The van der Waals surface area contributed by atoms with Crippen molar-refractivity contribution in [1.82, 2.24) is 29.3 Å². The van der Waals surface area contributed by atoms with E-state index >= 15 is 0 Å². The van der Waals surface area contributed by atoms with Crippen LogP contribution in [0.4, 0.5) is 10.6 Å². The molecule has 0 bridgehead atoms. The summed E-state index contributed by atoms with van der Waals surface area (Å²) in [6.07, 6.45) is 1.20. The predicted octanol–water partition coefficient (Wildman–Crippen LogP) is 3.22. The minimum Gasteiger partial charge on any atom is -0.465 e. The first kappa shape index (κ1) is 26.0. The lowest BCUT2D eigenvalue weighted by Crippen LogP contribution is -2.48. The zero-order valence-corrected chi connectivity index (χ0v) is 23.0. The van der Waals surface area contributed by atoms with Crippen molar-refractivity contribution in [3.8, 4) is 11.7 Å². The van der Waals surface area contributed by atoms with Gasteiger partial charge in [0, 0.05) is 37.6 Å². The van der Waals surface area contributed by atoms with Crippen LogP contribution in [0, 0.1) is 13.8 Å². The molecule has 0 aliphatic carbocycles. The minimum atomic E-state index is -0.945. The molecule has 0 radical (unpaired) electrons. The van der Waals surface area contributed by atoms with Crippen molar-refractivity contribution in [1.29, 1.82) is 0 Å². The van der Waals surface area contributed by atoms with Crippen molar-refractivity contribution in [2.24, 2.45) is 0 Å². The van der Waals surface area contributed by atoms with Gasteiger partial charge in [-0.1, -0.05) is 30.3 Å². The van der Waals surface area contributed by atoms with Crippen molar-refractivity contribution in [3.05, 3.63) is 58.1 Å². The van der Waals surface area contributed by atoms with E-state index in [0.717, 1.165) is 41.4 Å². The van der Waals surface area contributed by atoms with Gasteiger partial charge in [-0.05, 0) is 57.3 Å². The number of carboxylic acid groups (broad SMARTS) is 1. The second-order valence-corrected chi connectivity index (χ2v) is 10.6. The summed E-state index contributed by atoms with van der Waals surface area (Å²) in [6.45, 7) is 6.79. The van der Waals surface area contributed by atoms with E-state index in [1.165, 1.54) is 4.90 Å². The van der Waals surface area contributed by atoms with Crippen molar-refractivity contribution in [2.45, 2.75) is 32.7 Å². The molecule has 2 aliphatic heterocycles. The molecular formula is C29H33N7O4. The molecule has 4 heterocycles. The maximum absolute atomic E-state index is 14.2. The highest BCUT2D eigenvalue weighted by atomic mass is 16.5. The molecular weight excluding hydrogens is 510 g/mol. The number of carbonyl (C=O) groups is 1. The standard InChI is InChI=1S/C29H33N7O4/c1-18-7-4-8-20-9-5-11-22(23(18)20)36-19(2)30-24-25(27(36)37)31-28(40-17-21-10-6-12-33(21)3)32-26(24)34-13-15-35(16-14-34)29(38)39/h4-5,7-9,11,21H,6,10,12-17H2,1-3H3,(H,38,39)/t21-/m0/s1. The first-order valence-corrected chi connectivity index (χ1v) is 13.7. The first-order chi connectivity index (χ1) is 19.3. The minimum absolute atomic E-state index is 0.131. The van der Waals surface area contributed by atoms with Crippen LogP contribution in [0.5, 0.6) is 6.01 Å². The third kappa shape index (κ3) is 4.60. The van der Waals surface area contributed by atoms with E-state index in [4.69, 9.17) is 14.7 Å². The highest BCUT2D eigenvalue weighted by Gasteiger charge is 2.27. The van der Waals surface area contributed by atoms with Crippen LogP contribution in [-0.2, 0) is 0 Å². The Hall–Kier alpha value is -4.25. The van der Waals surface area contributed by atoms with E-state index in [0.29, 0.717) is 49.9 Å². The van der Waals surface area contributed by atoms with Crippen LogP contribution in [-0.4, -0.2) is 92.9 Å². The monoisotopic (exact) mass is 543 g/mol. The van der Waals surface area contributed by atoms with Crippen LogP contribution in [0.25, 0.3) is 27.5 Å². The molecule has 1 N–H and O–H groups in total. The molecule has 6 rings (SSSR count). The summed E-state index contributed by atoms with van der Waals surface area (Å²) < 4.78 is 7.72. The maximum atomic E-state index is 14.2. The SMILES string of the molecule is Cc1cccc2cccc(-n3c(C)nc4c(N5CCN(C(=O)O)CC5)nc(OC[C@@H]5CCCN5C)nc4c3=O)c12. The zero-order chi connectivity index (χ0) is 28.0. The Kier molecular flexibility index (Phi) is 6.75. The summed E-state index contributed by atoms with van der Waals surface area (Å²) in [7, 11) is 2.08. The third-order valence-electron chi connectivity index (χ3n) is 8.11. The van der Waals surface area contributed by atoms with Gasteiger partial charge in [0.1, 0.15) is 17.9 Å². The fraction of sp³-hybridized carbons (Fsp3) is 0.414. The maximum Gasteiger partial charge on any atom is 0.407 e. The molecule has 4 aromatic rings. The van der Waals surface area contributed by atoms with Crippen LogP contribution in [0.1, 0.15) is 24.2 Å². The highest BCUT2D eigenvalue weighted by Crippen LogP contribution is 2.29. The van der Waals surface area contributed by atoms with Crippen LogP contribution in [0.15, 0.2) is 41.2 Å². The molecule has 2 saturated heterocycles. The van der Waals surface area contributed by atoms with Gasteiger partial charge in [0.25, 0.3) is 5.56 Å². The Balaban J connectivity index is 1.49. The normalized spacial score (nSPS) is 18.1. The molecule has 2 aromatic carbocycles. The topological polar surface area (TPSA) is 117 Å². The Bertz CT molecular complexity index is 1660. The summed E-state index contributed by atoms with van der Waals surface area (Å²) in [4.78, 5) is 45.5. The van der Waals surface area contributed by atoms with Gasteiger partial charge < -0.3 is 24.5 Å². The van der Waals surface area contributed by atoms with Crippen LogP contribution < -0.4 is 15.2 Å². The number of rotatable bonds is 5. The van der Waals surface area contributed by atoms with E-state index in [1.54, 1.807) is 4.57 Å². The molecule has 40 heavy (non-hydrogen) atoms. The zero-order valence-electron chi connectivity index (χ0n) is 23.0. The Labute approximate surface area is 231 Å². The molecule has 1 amide bonds. The second-order valence-electron chi connectivity index (χ2n) is 10.6. The number of piperazine rings is 1. The van der Waals surface area contributed by atoms with Gasteiger partial charge in [0.05, 0.1) is 5.69 Å². The highest BCUT2D eigenvalue weighted by molar-refractivity contribution is 5.94. The van der Waals surface area contributed by atoms with E-state index in [1.807, 2.05) is 55.1 Å². The van der Waals surface area contributed by atoms with E-state index in [9.17, 15) is 14.7 Å². The van der Waals surface area contributed by atoms with Crippen molar-refractivity contribution in [3.63, 3.8) is 0 Å². The lowest BCUT2D eigenvalue weighted by Gasteiger charge is -2.34. The molecule has 0 spiro atoms. The molecule has 0 saturated carbocycles. The number of likely N-dealkylation sites (N-methyl/N-ethyl adjacent to an activating group) is 1. The third-order valence-corrected chi connectivity index (χ3v) is 8.11. The molecule has 2 fully saturated rings. The summed E-state index contributed by atoms with van der Waals surface area (Å²) in [6, 6.07) is 12.4. The predicted molar refractivity (Wildman–Crippen MR) is 153 cm³/mol. The number of likely N-dealkylation sites (tertiary alicyclic amines) is 1. The number of benzene rings is 2. The molecule has 1 atom stereocenters. The van der Waals surface area contributed by atoms with Gasteiger partial charge in [0.15, 0.2) is 11.3 Å². The molecule has 11 heteroatoms. The van der Waals surface area contributed by atoms with Gasteiger partial charge in [-0.15, -0.1) is 0 Å². The average molecular weight is 544 g/mol. The smallest absolute Gasteiger partial charge is 0.407 e. The van der Waals surface area contributed by atoms with Crippen LogP contribution >= 0.6 is 0 Å². The van der Waals surface area contributed by atoms with Gasteiger partial charge >= 0.3 is 12.1 Å². The number of amides is 1. The fourth-order valence-corrected chi connectivity index (χ4v) is 5.87. The van der Waals surface area contributed by atoms with Crippen molar-refractivity contribution < 1.29 is 14.6 Å². The number of hydrogen-bond acceptors (Lipinski definition) is 8. The second kappa shape index (κ2) is 10.4. The number of aromatic nitrogens is 4. The Morgan fingerprint density at radius 1 is 1.00 bits per heavy atom. The van der Waals surface area contributed by atoms with Crippen molar-refractivity contribution in [2.75, 3.05) is 51.3 Å². The number of nitrogens with zero attached hydrogens (tertiary/aromatic N) is 7. The van der Waals surface area contributed by atoms with Gasteiger partial charge in [-0.2, -0.15) is 9.97 Å². The Morgan fingerprint density at radius 3 is 2.45 bits per heavy atom. The quantitative estimate of drug-likeness (QED) is 0.405. The molecule has 2 aromatic heterocycles. The van der Waals surface area contributed by atoms with Crippen LogP contribution in [0.2, 0.25) is 0 Å². The Morgan fingerprint density at radius 2 is 1.75 bits per heavy atom. The lowest BCUT2D eigenvalue weighted by molar-refractivity contribution is 0.142. The van der Waals surface area contributed by atoms with E-state index in [2.05, 4.69) is 16.9 Å². The molecule has 2 aliphatic rings. The number of ether oxygens (including phenoxy) is 1.